The molecular formula is C32H27NO9. The summed E-state index contributed by atoms with van der Waals surface area (Å²) in [5, 5.41) is 15.6. The number of allylic oxidation sites excluding steroid dienone is 2. The fraction of sp³-hybridized carbons (Fsp3) is 0.219. The lowest BCUT2D eigenvalue weighted by Gasteiger charge is -2.30. The van der Waals surface area contributed by atoms with Crippen molar-refractivity contribution >= 4 is 46.1 Å². The predicted molar refractivity (Wildman–Crippen MR) is 151 cm³/mol. The third-order valence-corrected chi connectivity index (χ3v) is 7.62. The second kappa shape index (κ2) is 10.6. The molecule has 0 radical (unpaired) electrons. The molecule has 0 saturated heterocycles. The molecule has 0 bridgehead atoms. The van der Waals surface area contributed by atoms with E-state index in [1.807, 2.05) is 36.4 Å². The third kappa shape index (κ3) is 4.50. The van der Waals surface area contributed by atoms with Crippen LogP contribution < -0.4 is 14.8 Å². The Morgan fingerprint density at radius 1 is 1.12 bits per heavy atom. The van der Waals surface area contributed by atoms with Crippen molar-refractivity contribution in [2.45, 2.75) is 25.8 Å². The van der Waals surface area contributed by atoms with Crippen molar-refractivity contribution in [1.82, 2.24) is 5.32 Å². The molecular weight excluding hydrogens is 542 g/mol. The van der Waals surface area contributed by atoms with Gasteiger partial charge in [0.15, 0.2) is 17.3 Å². The molecule has 5 rings (SSSR count). The first-order valence-corrected chi connectivity index (χ1v) is 13.0. The van der Waals surface area contributed by atoms with E-state index in [2.05, 4.69) is 10.1 Å². The van der Waals surface area contributed by atoms with Crippen LogP contribution in [0.1, 0.15) is 40.9 Å². The van der Waals surface area contributed by atoms with Crippen LogP contribution in [0, 0.1) is 5.92 Å². The lowest BCUT2D eigenvalue weighted by molar-refractivity contribution is -0.141. The fourth-order valence-corrected chi connectivity index (χ4v) is 5.51. The molecule has 10 nitrogen and oxygen atoms in total. The van der Waals surface area contributed by atoms with Gasteiger partial charge in [0.1, 0.15) is 39.9 Å². The van der Waals surface area contributed by atoms with Crippen LogP contribution in [0.25, 0.3) is 16.8 Å². The van der Waals surface area contributed by atoms with Gasteiger partial charge in [-0.1, -0.05) is 24.3 Å². The maximum Gasteiger partial charge on any atom is 0.330 e. The van der Waals surface area contributed by atoms with Gasteiger partial charge in [0.05, 0.1) is 19.8 Å². The maximum absolute atomic E-state index is 13.7. The molecule has 2 aliphatic rings. The molecule has 42 heavy (non-hydrogen) atoms. The summed E-state index contributed by atoms with van der Waals surface area (Å²) < 4.78 is 16.0. The standard InChI is InChI=1S/C32H27NO9/c1-16(34)26-21(35)14-24-32(2,30(26)38)28-22(36)13-23(40-3)27(29(28)42-24)31(39)33-15-19-12-17(9-10-25(37)41-4)11-18-7-5-6-8-20(18)19/h5-14,26,36H,15H2,1-4H3,(H,33,39)/t26?,32-/m1/s1. The molecule has 3 aromatic rings. The predicted octanol–water partition coefficient (Wildman–Crippen LogP) is 3.56. The van der Waals surface area contributed by atoms with Gasteiger partial charge in [-0.3, -0.25) is 19.2 Å². The lowest BCUT2D eigenvalue weighted by Crippen LogP contribution is -2.47. The average Bonchev–Trinajstić information content (AvgIpc) is 3.27. The molecule has 1 heterocycles. The average molecular weight is 570 g/mol. The number of benzene rings is 3. The monoisotopic (exact) mass is 569 g/mol. The van der Waals surface area contributed by atoms with E-state index in [4.69, 9.17) is 9.47 Å². The summed E-state index contributed by atoms with van der Waals surface area (Å²) in [5.41, 5.74) is -0.325. The van der Waals surface area contributed by atoms with Gasteiger partial charge < -0.3 is 24.6 Å². The number of Topliss-reactive ketones (excluding diaryl/α,β-unsaturated/α-hetero) is 2. The lowest BCUT2D eigenvalue weighted by atomic mass is 9.67. The van der Waals surface area contributed by atoms with Crippen molar-refractivity contribution in [1.29, 1.82) is 0 Å². The number of methoxy groups -OCH3 is 2. The number of esters is 1. The summed E-state index contributed by atoms with van der Waals surface area (Å²) in [6.45, 7) is 2.65. The Bertz CT molecular complexity index is 1770. The van der Waals surface area contributed by atoms with E-state index in [-0.39, 0.29) is 40.7 Å². The van der Waals surface area contributed by atoms with Crippen molar-refractivity contribution in [2.24, 2.45) is 5.92 Å². The number of ether oxygens (including phenoxy) is 3. The van der Waals surface area contributed by atoms with Crippen molar-refractivity contribution in [3.05, 3.63) is 82.6 Å². The van der Waals surface area contributed by atoms with E-state index >= 15 is 0 Å². The Kier molecular flexibility index (Phi) is 7.15. The second-order valence-corrected chi connectivity index (χ2v) is 10.2. The van der Waals surface area contributed by atoms with Crippen LogP contribution in [0.2, 0.25) is 0 Å². The molecule has 1 amide bonds. The largest absolute Gasteiger partial charge is 0.507 e. The van der Waals surface area contributed by atoms with Crippen LogP contribution in [0.3, 0.4) is 0 Å². The zero-order valence-corrected chi connectivity index (χ0v) is 23.3. The van der Waals surface area contributed by atoms with Crippen LogP contribution in [-0.2, 0) is 35.9 Å². The van der Waals surface area contributed by atoms with Crippen LogP contribution >= 0.6 is 0 Å². The van der Waals surface area contributed by atoms with Gasteiger partial charge in [-0.15, -0.1) is 0 Å². The Labute approximate surface area is 240 Å². The van der Waals surface area contributed by atoms with Crippen LogP contribution in [0.5, 0.6) is 17.2 Å². The van der Waals surface area contributed by atoms with Gasteiger partial charge in [0, 0.05) is 24.8 Å². The highest BCUT2D eigenvalue weighted by molar-refractivity contribution is 6.27. The first kappa shape index (κ1) is 28.3. The quantitative estimate of drug-likeness (QED) is 0.248. The van der Waals surface area contributed by atoms with E-state index in [1.165, 1.54) is 33.3 Å². The molecule has 10 heteroatoms. The number of phenols is 1. The van der Waals surface area contributed by atoms with Crippen LogP contribution in [0.15, 0.2) is 60.4 Å². The minimum atomic E-state index is -1.67. The summed E-state index contributed by atoms with van der Waals surface area (Å²) >= 11 is 0. The van der Waals surface area contributed by atoms with Gasteiger partial charge in [-0.25, -0.2) is 4.79 Å². The Morgan fingerprint density at radius 2 is 1.86 bits per heavy atom. The minimum Gasteiger partial charge on any atom is -0.507 e. The zero-order chi connectivity index (χ0) is 30.3. The van der Waals surface area contributed by atoms with Gasteiger partial charge >= 0.3 is 5.97 Å². The molecule has 2 atom stereocenters. The highest BCUT2D eigenvalue weighted by Gasteiger charge is 2.58. The Morgan fingerprint density at radius 3 is 2.55 bits per heavy atom. The van der Waals surface area contributed by atoms with Crippen LogP contribution in [0.4, 0.5) is 0 Å². The van der Waals surface area contributed by atoms with E-state index in [9.17, 15) is 29.1 Å². The van der Waals surface area contributed by atoms with Crippen molar-refractivity contribution in [3.8, 4) is 17.2 Å². The SMILES string of the molecule is COC(=O)C=Cc1cc(CNC(=O)c2c(OC)cc(O)c3c2OC2=CC(=O)C(C(C)=O)C(=O)[C@]23C)c2ccccc2c1. The number of hydrogen-bond acceptors (Lipinski definition) is 9. The molecule has 214 valence electrons. The molecule has 2 N–H and O–H groups in total. The first-order chi connectivity index (χ1) is 20.0. The maximum atomic E-state index is 13.7. The number of carbonyl (C=O) groups is 5. The smallest absolute Gasteiger partial charge is 0.330 e. The zero-order valence-electron chi connectivity index (χ0n) is 23.3. The fourth-order valence-electron chi connectivity index (χ4n) is 5.51. The summed E-state index contributed by atoms with van der Waals surface area (Å²) in [5.74, 6) is -5.40. The van der Waals surface area contributed by atoms with Crippen LogP contribution in [-0.4, -0.2) is 48.6 Å². The van der Waals surface area contributed by atoms with Gasteiger partial charge in [0.25, 0.3) is 5.91 Å². The topological polar surface area (TPSA) is 145 Å². The number of amides is 1. The Hall–Kier alpha value is -5.25. The Balaban J connectivity index is 1.55. The number of carbonyl (C=O) groups excluding carboxylic acids is 5. The highest BCUT2D eigenvalue weighted by atomic mass is 16.5. The second-order valence-electron chi connectivity index (χ2n) is 10.2. The molecule has 0 fully saturated rings. The number of fused-ring (bicyclic) bond motifs is 4. The number of nitrogens with one attached hydrogen (secondary N) is 1. The molecule has 0 spiro atoms. The summed E-state index contributed by atoms with van der Waals surface area (Å²) in [7, 11) is 2.60. The first-order valence-electron chi connectivity index (χ1n) is 13.0. The number of ketones is 3. The molecule has 3 aromatic carbocycles. The molecule has 1 aliphatic carbocycles. The molecule has 0 aromatic heterocycles. The molecule has 1 aliphatic heterocycles. The number of hydrogen-bond donors (Lipinski definition) is 2. The third-order valence-electron chi connectivity index (χ3n) is 7.62. The van der Waals surface area contributed by atoms with E-state index in [1.54, 1.807) is 6.08 Å². The van der Waals surface area contributed by atoms with Gasteiger partial charge in [-0.05, 0) is 54.0 Å². The minimum absolute atomic E-state index is 0.0203. The van der Waals surface area contributed by atoms with Crippen molar-refractivity contribution in [3.63, 3.8) is 0 Å². The van der Waals surface area contributed by atoms with Gasteiger partial charge in [0.2, 0.25) is 0 Å². The molecule has 1 unspecified atom stereocenters. The number of rotatable bonds is 7. The van der Waals surface area contributed by atoms with Crippen molar-refractivity contribution < 1.29 is 43.3 Å². The number of phenolic OH excluding ortho intramolecular Hbond substituents is 1. The van der Waals surface area contributed by atoms with E-state index < -0.39 is 40.6 Å². The van der Waals surface area contributed by atoms with E-state index in [0.29, 0.717) is 5.56 Å². The summed E-state index contributed by atoms with van der Waals surface area (Å²) in [6.07, 6.45) is 3.97. The summed E-state index contributed by atoms with van der Waals surface area (Å²) in [6, 6.07) is 12.5. The summed E-state index contributed by atoms with van der Waals surface area (Å²) in [4.78, 5) is 63.6. The number of aromatic hydroxyl groups is 1. The van der Waals surface area contributed by atoms with Gasteiger partial charge in [-0.2, -0.15) is 0 Å². The highest BCUT2D eigenvalue weighted by Crippen LogP contribution is 2.56. The normalized spacial score (nSPS) is 19.1. The van der Waals surface area contributed by atoms with Crippen molar-refractivity contribution in [2.75, 3.05) is 14.2 Å². The molecule has 0 saturated carbocycles. The van der Waals surface area contributed by atoms with E-state index in [0.717, 1.165) is 29.3 Å².